The molecule has 2 aromatic carbocycles. The lowest BCUT2D eigenvalue weighted by atomic mass is 10.1. The van der Waals surface area contributed by atoms with Gasteiger partial charge in [0.2, 0.25) is 0 Å². The van der Waals surface area contributed by atoms with Crippen LogP contribution in [0.25, 0.3) is 17.4 Å². The Morgan fingerprint density at radius 1 is 1.13 bits per heavy atom. The molecule has 0 N–H and O–H groups in total. The lowest BCUT2D eigenvalue weighted by Crippen LogP contribution is -2.28. The van der Waals surface area contributed by atoms with Crippen LogP contribution in [0.5, 0.6) is 0 Å². The second-order valence-electron chi connectivity index (χ2n) is 7.15. The molecule has 0 radical (unpaired) electrons. The minimum atomic E-state index is -0.0877. The minimum absolute atomic E-state index is 0.0877. The highest BCUT2D eigenvalue weighted by Crippen LogP contribution is 2.37. The normalized spacial score (nSPS) is 16.7. The molecule has 1 fully saturated rings. The summed E-state index contributed by atoms with van der Waals surface area (Å²) in [5.74, 6) is 1.06. The molecule has 7 heteroatoms. The van der Waals surface area contributed by atoms with Crippen molar-refractivity contribution < 1.29 is 9.21 Å². The van der Waals surface area contributed by atoms with E-state index < -0.39 is 0 Å². The number of amides is 1. The van der Waals surface area contributed by atoms with E-state index in [0.717, 1.165) is 16.8 Å². The number of aryl methyl sites for hydroxylation is 2. The Kier molecular flexibility index (Phi) is 6.28. The van der Waals surface area contributed by atoms with Crippen molar-refractivity contribution in [3.05, 3.63) is 80.4 Å². The first-order valence-electron chi connectivity index (χ1n) is 9.79. The molecule has 0 atom stereocenters. The van der Waals surface area contributed by atoms with Gasteiger partial charge in [-0.15, -0.1) is 0 Å². The predicted octanol–water partition coefficient (Wildman–Crippen LogP) is 7.49. The molecule has 1 aliphatic heterocycles. The van der Waals surface area contributed by atoms with E-state index in [1.807, 2.05) is 57.2 Å². The van der Waals surface area contributed by atoms with Crippen LogP contribution in [-0.4, -0.2) is 22.5 Å². The summed E-state index contributed by atoms with van der Waals surface area (Å²) in [5, 5.41) is 1.56. The molecule has 4 nitrogen and oxygen atoms in total. The number of furan rings is 1. The third-order valence-corrected chi connectivity index (χ3v) is 6.73. The molecule has 2 heterocycles. The summed E-state index contributed by atoms with van der Waals surface area (Å²) in [6.45, 7) is 6.51. The van der Waals surface area contributed by atoms with Gasteiger partial charge in [-0.05, 0) is 74.0 Å². The number of thioether (sulfide) groups is 1. The van der Waals surface area contributed by atoms with Gasteiger partial charge >= 0.3 is 0 Å². The third-order valence-electron chi connectivity index (χ3n) is 4.90. The molecule has 3 aromatic rings. The van der Waals surface area contributed by atoms with Crippen molar-refractivity contribution in [2.45, 2.75) is 20.8 Å². The zero-order chi connectivity index (χ0) is 22.1. The molecule has 0 bridgehead atoms. The van der Waals surface area contributed by atoms with Gasteiger partial charge in [-0.25, -0.2) is 4.99 Å². The number of benzene rings is 2. The molecule has 0 spiro atoms. The second-order valence-corrected chi connectivity index (χ2v) is 8.94. The molecule has 0 aliphatic carbocycles. The van der Waals surface area contributed by atoms with E-state index in [9.17, 15) is 4.79 Å². The quantitative estimate of drug-likeness (QED) is 0.370. The molecule has 0 saturated carbocycles. The predicted molar refractivity (Wildman–Crippen MR) is 130 cm³/mol. The van der Waals surface area contributed by atoms with Crippen LogP contribution >= 0.6 is 35.0 Å². The zero-order valence-electron chi connectivity index (χ0n) is 17.3. The number of carbonyl (C=O) groups excluding carboxylic acids is 1. The molecule has 1 amide bonds. The van der Waals surface area contributed by atoms with Gasteiger partial charge in [0, 0.05) is 18.2 Å². The first-order chi connectivity index (χ1) is 14.9. The topological polar surface area (TPSA) is 45.8 Å². The molecule has 4 rings (SSSR count). The summed E-state index contributed by atoms with van der Waals surface area (Å²) in [4.78, 5) is 19.9. The fourth-order valence-electron chi connectivity index (χ4n) is 3.21. The Bertz CT molecular complexity index is 1230. The maximum Gasteiger partial charge on any atom is 0.266 e. The number of amidine groups is 1. The Balaban J connectivity index is 1.65. The lowest BCUT2D eigenvalue weighted by Gasteiger charge is -2.12. The van der Waals surface area contributed by atoms with Gasteiger partial charge in [-0.3, -0.25) is 9.69 Å². The van der Waals surface area contributed by atoms with Crippen LogP contribution in [-0.2, 0) is 4.79 Å². The third kappa shape index (κ3) is 4.45. The maximum atomic E-state index is 12.9. The average molecular weight is 471 g/mol. The average Bonchev–Trinajstić information content (AvgIpc) is 3.31. The molecule has 1 saturated heterocycles. The number of rotatable bonds is 4. The van der Waals surface area contributed by atoms with Crippen molar-refractivity contribution in [1.82, 2.24) is 4.90 Å². The molecule has 1 aliphatic rings. The molecule has 1 aromatic heterocycles. The lowest BCUT2D eigenvalue weighted by molar-refractivity contribution is -0.122. The van der Waals surface area contributed by atoms with E-state index >= 15 is 0 Å². The molecule has 31 heavy (non-hydrogen) atoms. The van der Waals surface area contributed by atoms with Crippen molar-refractivity contribution in [2.75, 3.05) is 6.54 Å². The van der Waals surface area contributed by atoms with Crippen LogP contribution in [0, 0.1) is 13.8 Å². The van der Waals surface area contributed by atoms with Gasteiger partial charge in [-0.1, -0.05) is 41.4 Å². The van der Waals surface area contributed by atoms with E-state index in [-0.39, 0.29) is 5.91 Å². The van der Waals surface area contributed by atoms with Crippen LogP contribution in [0.2, 0.25) is 10.0 Å². The number of carbonyl (C=O) groups is 1. The minimum Gasteiger partial charge on any atom is -0.457 e. The highest BCUT2D eigenvalue weighted by atomic mass is 35.5. The summed E-state index contributed by atoms with van der Waals surface area (Å²) in [7, 11) is 0. The van der Waals surface area contributed by atoms with Gasteiger partial charge in [0.25, 0.3) is 5.91 Å². The highest BCUT2D eigenvalue weighted by Gasteiger charge is 2.32. The number of aliphatic imine (C=N–C) groups is 1. The number of hydrogen-bond acceptors (Lipinski definition) is 4. The monoisotopic (exact) mass is 470 g/mol. The summed E-state index contributed by atoms with van der Waals surface area (Å²) >= 11 is 13.8. The smallest absolute Gasteiger partial charge is 0.266 e. The standard InChI is InChI=1S/C24H20Cl2N2O2S/c1-4-28-23(29)21(31-24(28)27-19-12-14(2)8-9-15(19)3)13-16-10-11-20(30-16)17-6-5-7-18(25)22(17)26/h5-13H,4H2,1-3H3/b21-13+,27-24?. The zero-order valence-corrected chi connectivity index (χ0v) is 19.6. The van der Waals surface area contributed by atoms with E-state index in [0.29, 0.717) is 43.7 Å². The SMILES string of the molecule is CCN1C(=O)/C(=C\c2ccc(-c3cccc(Cl)c3Cl)o2)SC1=Nc1cc(C)ccc1C. The van der Waals surface area contributed by atoms with Crippen LogP contribution in [0.4, 0.5) is 5.69 Å². The van der Waals surface area contributed by atoms with Gasteiger partial charge in [0.15, 0.2) is 5.17 Å². The first kappa shape index (κ1) is 21.8. The Hall–Kier alpha value is -2.47. The fourth-order valence-corrected chi connectivity index (χ4v) is 4.64. The number of halogens is 2. The van der Waals surface area contributed by atoms with E-state index in [2.05, 4.69) is 6.07 Å². The summed E-state index contributed by atoms with van der Waals surface area (Å²) in [5.41, 5.74) is 3.76. The number of nitrogens with zero attached hydrogens (tertiary/aromatic N) is 2. The van der Waals surface area contributed by atoms with Crippen LogP contribution in [0.3, 0.4) is 0 Å². The van der Waals surface area contributed by atoms with Gasteiger partial charge in [0.1, 0.15) is 11.5 Å². The maximum absolute atomic E-state index is 12.9. The largest absolute Gasteiger partial charge is 0.457 e. The molecular weight excluding hydrogens is 451 g/mol. The Morgan fingerprint density at radius 3 is 2.71 bits per heavy atom. The van der Waals surface area contributed by atoms with Crippen molar-refractivity contribution in [3.63, 3.8) is 0 Å². The molecule has 0 unspecified atom stereocenters. The summed E-state index contributed by atoms with van der Waals surface area (Å²) in [6.07, 6.45) is 1.74. The van der Waals surface area contributed by atoms with Gasteiger partial charge in [0.05, 0.1) is 20.6 Å². The van der Waals surface area contributed by atoms with Gasteiger partial charge in [-0.2, -0.15) is 0 Å². The van der Waals surface area contributed by atoms with Crippen molar-refractivity contribution in [1.29, 1.82) is 0 Å². The number of likely N-dealkylation sites (N-methyl/N-ethyl adjacent to an activating group) is 1. The highest BCUT2D eigenvalue weighted by molar-refractivity contribution is 8.18. The van der Waals surface area contributed by atoms with Crippen LogP contribution in [0.1, 0.15) is 23.8 Å². The van der Waals surface area contributed by atoms with Crippen molar-refractivity contribution in [3.8, 4) is 11.3 Å². The fraction of sp³-hybridized carbons (Fsp3) is 0.167. The Morgan fingerprint density at radius 2 is 1.94 bits per heavy atom. The second kappa shape index (κ2) is 8.95. The summed E-state index contributed by atoms with van der Waals surface area (Å²) in [6, 6.07) is 15.1. The van der Waals surface area contributed by atoms with Crippen LogP contribution < -0.4 is 0 Å². The van der Waals surface area contributed by atoms with E-state index in [1.54, 1.807) is 17.0 Å². The van der Waals surface area contributed by atoms with Gasteiger partial charge < -0.3 is 4.42 Å². The summed E-state index contributed by atoms with van der Waals surface area (Å²) < 4.78 is 5.93. The van der Waals surface area contributed by atoms with Crippen molar-refractivity contribution in [2.24, 2.45) is 4.99 Å². The van der Waals surface area contributed by atoms with E-state index in [4.69, 9.17) is 32.6 Å². The van der Waals surface area contributed by atoms with Crippen molar-refractivity contribution >= 4 is 57.8 Å². The first-order valence-corrected chi connectivity index (χ1v) is 11.4. The molecular formula is C24H20Cl2N2O2S. The van der Waals surface area contributed by atoms with Crippen LogP contribution in [0.15, 0.2) is 62.8 Å². The Labute approximate surface area is 195 Å². The molecule has 158 valence electrons. The number of hydrogen-bond donors (Lipinski definition) is 0. The van der Waals surface area contributed by atoms with E-state index in [1.165, 1.54) is 11.8 Å².